The van der Waals surface area contributed by atoms with Gasteiger partial charge in [0.25, 0.3) is 0 Å². The fraction of sp³-hybridized carbons (Fsp3) is 0.0213. The molecule has 2 aliphatic carbocycles. The Morgan fingerprint density at radius 1 is 0.286 bits per heavy atom. The predicted molar refractivity (Wildman–Crippen MR) is 200 cm³/mol. The van der Waals surface area contributed by atoms with E-state index in [-0.39, 0.29) is 0 Å². The number of aromatic nitrogens is 2. The normalized spacial score (nSPS) is 13.1. The standard InChI is InChI=1S/C47H30N2/c1-3-17-43-39(11-1)40-12-2-4-18-44(40)47(43)45-37(33-23-19-31(20-24-33)35-9-7-27-48-29-35)13-5-15-41(45)42-16-6-14-38(46(42)47)34-25-21-32(22-26-34)36-10-8-28-49-30-36/h1-30H. The molecule has 10 rings (SSSR count). The quantitative estimate of drug-likeness (QED) is 0.195. The number of rotatable bonds is 4. The Morgan fingerprint density at radius 2 is 0.673 bits per heavy atom. The first-order valence-corrected chi connectivity index (χ1v) is 16.8. The van der Waals surface area contributed by atoms with E-state index >= 15 is 0 Å². The van der Waals surface area contributed by atoms with Gasteiger partial charge in [0, 0.05) is 24.8 Å². The van der Waals surface area contributed by atoms with Gasteiger partial charge >= 0.3 is 0 Å². The van der Waals surface area contributed by atoms with Gasteiger partial charge in [0.2, 0.25) is 0 Å². The summed E-state index contributed by atoms with van der Waals surface area (Å²) in [5, 5.41) is 0. The van der Waals surface area contributed by atoms with Gasteiger partial charge in [-0.3, -0.25) is 9.97 Å². The van der Waals surface area contributed by atoms with Crippen molar-refractivity contribution in [3.63, 3.8) is 0 Å². The molecule has 0 atom stereocenters. The van der Waals surface area contributed by atoms with E-state index in [1.807, 2.05) is 36.9 Å². The zero-order valence-corrected chi connectivity index (χ0v) is 26.7. The summed E-state index contributed by atoms with van der Waals surface area (Å²) in [6.45, 7) is 0. The van der Waals surface area contributed by atoms with E-state index in [4.69, 9.17) is 0 Å². The molecule has 2 heterocycles. The number of nitrogens with zero attached hydrogens (tertiary/aromatic N) is 2. The molecule has 1 spiro atoms. The highest BCUT2D eigenvalue weighted by Crippen LogP contribution is 2.66. The number of fused-ring (bicyclic) bond motifs is 10. The largest absolute Gasteiger partial charge is 0.264 e. The number of benzene rings is 6. The van der Waals surface area contributed by atoms with E-state index in [9.17, 15) is 0 Å². The molecule has 2 aromatic heterocycles. The van der Waals surface area contributed by atoms with Crippen molar-refractivity contribution in [2.45, 2.75) is 5.41 Å². The minimum absolute atomic E-state index is 0.491. The minimum atomic E-state index is -0.491. The van der Waals surface area contributed by atoms with Gasteiger partial charge in [0.15, 0.2) is 0 Å². The molecule has 0 bridgehead atoms. The van der Waals surface area contributed by atoms with Crippen LogP contribution in [0.3, 0.4) is 0 Å². The molecule has 228 valence electrons. The Labute approximate surface area is 286 Å². The summed E-state index contributed by atoms with van der Waals surface area (Å²) in [5.74, 6) is 0. The van der Waals surface area contributed by atoms with Crippen LogP contribution in [0.25, 0.3) is 66.8 Å². The minimum Gasteiger partial charge on any atom is -0.264 e. The number of pyridine rings is 2. The van der Waals surface area contributed by atoms with E-state index in [1.165, 1.54) is 66.8 Å². The highest BCUT2D eigenvalue weighted by molar-refractivity contribution is 6.01. The van der Waals surface area contributed by atoms with E-state index in [2.05, 4.69) is 156 Å². The average molecular weight is 623 g/mol. The fourth-order valence-electron chi connectivity index (χ4n) is 8.49. The number of hydrogen-bond donors (Lipinski definition) is 0. The van der Waals surface area contributed by atoms with Crippen molar-refractivity contribution in [3.8, 4) is 66.8 Å². The molecule has 6 aromatic carbocycles. The maximum atomic E-state index is 4.35. The van der Waals surface area contributed by atoms with Gasteiger partial charge in [-0.25, -0.2) is 0 Å². The molecule has 8 aromatic rings. The Balaban J connectivity index is 1.25. The summed E-state index contributed by atoms with van der Waals surface area (Å²) in [6.07, 6.45) is 7.50. The van der Waals surface area contributed by atoms with E-state index < -0.39 is 5.41 Å². The first-order chi connectivity index (χ1) is 24.3. The molecule has 0 N–H and O–H groups in total. The Hall–Kier alpha value is -6.38. The van der Waals surface area contributed by atoms with E-state index in [0.29, 0.717) is 0 Å². The van der Waals surface area contributed by atoms with Crippen molar-refractivity contribution < 1.29 is 0 Å². The molecule has 0 aliphatic heterocycles. The zero-order chi connectivity index (χ0) is 32.4. The molecule has 0 amide bonds. The lowest BCUT2D eigenvalue weighted by Gasteiger charge is -2.33. The summed E-state index contributed by atoms with van der Waals surface area (Å²) >= 11 is 0. The van der Waals surface area contributed by atoms with Crippen LogP contribution in [-0.2, 0) is 5.41 Å². The van der Waals surface area contributed by atoms with Crippen LogP contribution >= 0.6 is 0 Å². The Morgan fingerprint density at radius 3 is 1.10 bits per heavy atom. The molecule has 0 saturated carbocycles. The molecule has 2 heteroatoms. The molecule has 49 heavy (non-hydrogen) atoms. The summed E-state index contributed by atoms with van der Waals surface area (Å²) in [4.78, 5) is 8.71. The van der Waals surface area contributed by atoms with Gasteiger partial charge in [-0.2, -0.15) is 0 Å². The number of hydrogen-bond acceptors (Lipinski definition) is 2. The van der Waals surface area contributed by atoms with Crippen LogP contribution in [0.1, 0.15) is 22.3 Å². The Bertz CT molecular complexity index is 2340. The van der Waals surface area contributed by atoms with Crippen LogP contribution in [0.15, 0.2) is 183 Å². The first-order valence-electron chi connectivity index (χ1n) is 16.8. The third-order valence-corrected chi connectivity index (χ3v) is 10.5. The summed E-state index contributed by atoms with van der Waals surface area (Å²) in [7, 11) is 0. The third kappa shape index (κ3) is 4.01. The summed E-state index contributed by atoms with van der Waals surface area (Å²) in [5.41, 5.74) is 19.6. The average Bonchev–Trinajstić information content (AvgIpc) is 3.66. The van der Waals surface area contributed by atoms with Crippen LogP contribution in [0.4, 0.5) is 0 Å². The second kappa shape index (κ2) is 10.8. The highest BCUT2D eigenvalue weighted by atomic mass is 14.6. The first kappa shape index (κ1) is 27.7. The molecular weight excluding hydrogens is 593 g/mol. The van der Waals surface area contributed by atoms with E-state index in [1.54, 1.807) is 0 Å². The molecule has 0 saturated heterocycles. The molecule has 0 fully saturated rings. The smallest absolute Gasteiger partial charge is 0.0737 e. The molecule has 0 radical (unpaired) electrons. The molecule has 2 aliphatic rings. The lowest BCUT2D eigenvalue weighted by Crippen LogP contribution is -2.27. The maximum Gasteiger partial charge on any atom is 0.0737 e. The molecule has 0 unspecified atom stereocenters. The van der Waals surface area contributed by atoms with Crippen molar-refractivity contribution in [3.05, 3.63) is 205 Å². The van der Waals surface area contributed by atoms with Crippen molar-refractivity contribution >= 4 is 0 Å². The Kier molecular flexibility index (Phi) is 6.13. The van der Waals surface area contributed by atoms with Crippen molar-refractivity contribution in [1.82, 2.24) is 9.97 Å². The van der Waals surface area contributed by atoms with Crippen molar-refractivity contribution in [1.29, 1.82) is 0 Å². The van der Waals surface area contributed by atoms with Crippen LogP contribution < -0.4 is 0 Å². The highest BCUT2D eigenvalue weighted by Gasteiger charge is 2.53. The lowest BCUT2D eigenvalue weighted by atomic mass is 9.67. The van der Waals surface area contributed by atoms with Crippen molar-refractivity contribution in [2.24, 2.45) is 0 Å². The predicted octanol–water partition coefficient (Wildman–Crippen LogP) is 11.5. The van der Waals surface area contributed by atoms with Gasteiger partial charge in [-0.05, 0) is 101 Å². The molecular formula is C47H30N2. The van der Waals surface area contributed by atoms with Crippen LogP contribution in [0, 0.1) is 0 Å². The monoisotopic (exact) mass is 622 g/mol. The summed E-state index contributed by atoms with van der Waals surface area (Å²) in [6, 6.07) is 58.1. The fourth-order valence-corrected chi connectivity index (χ4v) is 8.49. The van der Waals surface area contributed by atoms with Crippen LogP contribution in [0.5, 0.6) is 0 Å². The second-order valence-corrected chi connectivity index (χ2v) is 12.9. The molecule has 2 nitrogen and oxygen atoms in total. The van der Waals surface area contributed by atoms with Gasteiger partial charge in [0.1, 0.15) is 0 Å². The van der Waals surface area contributed by atoms with Crippen LogP contribution in [0.2, 0.25) is 0 Å². The van der Waals surface area contributed by atoms with Gasteiger partial charge < -0.3 is 0 Å². The van der Waals surface area contributed by atoms with Gasteiger partial charge in [-0.1, -0.05) is 146 Å². The lowest BCUT2D eigenvalue weighted by molar-refractivity contribution is 0.797. The maximum absolute atomic E-state index is 4.35. The van der Waals surface area contributed by atoms with Crippen molar-refractivity contribution in [2.75, 3.05) is 0 Å². The van der Waals surface area contributed by atoms with Gasteiger partial charge in [0.05, 0.1) is 5.41 Å². The van der Waals surface area contributed by atoms with Crippen LogP contribution in [-0.4, -0.2) is 9.97 Å². The van der Waals surface area contributed by atoms with E-state index in [0.717, 1.165) is 22.3 Å². The zero-order valence-electron chi connectivity index (χ0n) is 26.7. The second-order valence-electron chi connectivity index (χ2n) is 12.9. The topological polar surface area (TPSA) is 25.8 Å². The summed E-state index contributed by atoms with van der Waals surface area (Å²) < 4.78 is 0. The third-order valence-electron chi connectivity index (χ3n) is 10.5. The SMILES string of the molecule is c1cncc(-c2ccc(-c3cccc4c3C3(c5ccccc5-c5ccccc53)c3c(-c5ccc(-c6cccnc6)cc5)cccc3-4)cc2)c1. The van der Waals surface area contributed by atoms with Gasteiger partial charge in [-0.15, -0.1) is 0 Å².